The molecular weight excluding hydrogens is 450 g/mol. The molecule has 0 fully saturated rings. The van der Waals surface area contributed by atoms with Gasteiger partial charge in [-0.2, -0.15) is 0 Å². The summed E-state index contributed by atoms with van der Waals surface area (Å²) in [5.41, 5.74) is 2.01. The van der Waals surface area contributed by atoms with Crippen LogP contribution in [0.1, 0.15) is 38.2 Å². The van der Waals surface area contributed by atoms with E-state index in [0.717, 1.165) is 30.4 Å². The first-order chi connectivity index (χ1) is 16.3. The maximum atomic E-state index is 12.7. The Balaban J connectivity index is 1.76. The van der Waals surface area contributed by atoms with E-state index in [1.165, 1.54) is 10.6 Å². The summed E-state index contributed by atoms with van der Waals surface area (Å²) in [6.45, 7) is 2.43. The second kappa shape index (κ2) is 11.9. The number of anilines is 1. The Morgan fingerprint density at radius 2 is 1.79 bits per heavy atom. The average molecular weight is 484 g/mol. The zero-order valence-electron chi connectivity index (χ0n) is 20.0. The van der Waals surface area contributed by atoms with Crippen molar-refractivity contribution in [2.24, 2.45) is 7.05 Å². The van der Waals surface area contributed by atoms with Crippen molar-refractivity contribution in [1.29, 1.82) is 0 Å². The van der Waals surface area contributed by atoms with Crippen molar-refractivity contribution in [3.8, 4) is 11.3 Å². The van der Waals surface area contributed by atoms with Gasteiger partial charge in [-0.15, -0.1) is 0 Å². The zero-order valence-corrected chi connectivity index (χ0v) is 20.8. The van der Waals surface area contributed by atoms with Gasteiger partial charge in [0.2, 0.25) is 16.0 Å². The van der Waals surface area contributed by atoms with Gasteiger partial charge in [-0.3, -0.25) is 14.3 Å². The first-order valence-corrected chi connectivity index (χ1v) is 13.2. The molecule has 3 aromatic rings. The maximum Gasteiger partial charge on any atom is 0.255 e. The van der Waals surface area contributed by atoms with E-state index >= 15 is 0 Å². The topological polar surface area (TPSA) is 97.2 Å². The van der Waals surface area contributed by atoms with Crippen molar-refractivity contribution in [3.63, 3.8) is 0 Å². The third kappa shape index (κ3) is 6.98. The minimum atomic E-state index is -3.44. The average Bonchev–Trinajstić information content (AvgIpc) is 2.83. The largest absolute Gasteiger partial charge is 0.342 e. The van der Waals surface area contributed by atoms with E-state index in [-0.39, 0.29) is 17.4 Å². The molecule has 8 nitrogen and oxygen atoms in total. The molecule has 3 rings (SSSR count). The van der Waals surface area contributed by atoms with Gasteiger partial charge in [0.1, 0.15) is 0 Å². The number of nitrogens with zero attached hydrogens (tertiary/aromatic N) is 4. The molecule has 0 aliphatic rings. The van der Waals surface area contributed by atoms with E-state index in [4.69, 9.17) is 4.98 Å². The lowest BCUT2D eigenvalue weighted by Crippen LogP contribution is -2.39. The third-order valence-corrected chi connectivity index (χ3v) is 7.20. The Kier molecular flexibility index (Phi) is 8.95. The molecule has 34 heavy (non-hydrogen) atoms. The van der Waals surface area contributed by atoms with Crippen molar-refractivity contribution in [1.82, 2.24) is 19.3 Å². The van der Waals surface area contributed by atoms with E-state index in [1.807, 2.05) is 42.3 Å². The number of pyridine rings is 1. The van der Waals surface area contributed by atoms with Gasteiger partial charge >= 0.3 is 0 Å². The summed E-state index contributed by atoms with van der Waals surface area (Å²) < 4.78 is 29.4. The van der Waals surface area contributed by atoms with Gasteiger partial charge in [0.05, 0.1) is 11.4 Å². The van der Waals surface area contributed by atoms with Gasteiger partial charge in [0.15, 0.2) is 0 Å². The Morgan fingerprint density at radius 1 is 1.09 bits per heavy atom. The molecule has 0 radical (unpaired) electrons. The second-order valence-electron chi connectivity index (χ2n) is 8.41. The molecule has 182 valence electrons. The molecule has 0 spiro atoms. The SMILES string of the molecule is CCCCC(CCNS(=O)(=O)Cc1ccccc1)N(C)c1nc(-c2ccncc2)cc(=O)n1C. The minimum absolute atomic E-state index is 0.0187. The maximum absolute atomic E-state index is 12.7. The molecular formula is C25H33N5O3S. The van der Waals surface area contributed by atoms with E-state index in [1.54, 1.807) is 31.6 Å². The summed E-state index contributed by atoms with van der Waals surface area (Å²) in [7, 11) is 0.175. The quantitative estimate of drug-likeness (QED) is 0.424. The highest BCUT2D eigenvalue weighted by molar-refractivity contribution is 7.88. The van der Waals surface area contributed by atoms with Gasteiger partial charge in [-0.1, -0.05) is 50.1 Å². The number of sulfonamides is 1. The Bertz CT molecular complexity index is 1210. The summed E-state index contributed by atoms with van der Waals surface area (Å²) in [4.78, 5) is 23.5. The molecule has 1 aromatic carbocycles. The lowest BCUT2D eigenvalue weighted by atomic mass is 10.1. The number of rotatable bonds is 12. The Hall–Kier alpha value is -3.04. The number of benzene rings is 1. The second-order valence-corrected chi connectivity index (χ2v) is 10.2. The Morgan fingerprint density at radius 3 is 2.47 bits per heavy atom. The molecule has 0 saturated heterocycles. The highest BCUT2D eigenvalue weighted by atomic mass is 32.2. The molecule has 0 aliphatic carbocycles. The van der Waals surface area contributed by atoms with Crippen LogP contribution in [0.3, 0.4) is 0 Å². The van der Waals surface area contributed by atoms with Crippen LogP contribution >= 0.6 is 0 Å². The molecule has 0 aliphatic heterocycles. The van der Waals surface area contributed by atoms with Crippen molar-refractivity contribution in [3.05, 3.63) is 76.8 Å². The van der Waals surface area contributed by atoms with Crippen LogP contribution < -0.4 is 15.2 Å². The lowest BCUT2D eigenvalue weighted by Gasteiger charge is -2.30. The van der Waals surface area contributed by atoms with Crippen LogP contribution in [0.4, 0.5) is 5.95 Å². The van der Waals surface area contributed by atoms with Crippen LogP contribution in [0, 0.1) is 0 Å². The van der Waals surface area contributed by atoms with Crippen LogP contribution in [0.5, 0.6) is 0 Å². The minimum Gasteiger partial charge on any atom is -0.342 e. The van der Waals surface area contributed by atoms with Crippen molar-refractivity contribution in [2.75, 3.05) is 18.5 Å². The van der Waals surface area contributed by atoms with Crippen LogP contribution in [-0.2, 0) is 22.8 Å². The van der Waals surface area contributed by atoms with Gasteiger partial charge < -0.3 is 4.90 Å². The van der Waals surface area contributed by atoms with E-state index < -0.39 is 10.0 Å². The summed E-state index contributed by atoms with van der Waals surface area (Å²) in [6, 6.07) is 14.3. The fourth-order valence-corrected chi connectivity index (χ4v) is 5.04. The van der Waals surface area contributed by atoms with Crippen LogP contribution in [0.25, 0.3) is 11.3 Å². The van der Waals surface area contributed by atoms with Crippen molar-refractivity contribution < 1.29 is 8.42 Å². The van der Waals surface area contributed by atoms with Crippen LogP contribution in [0.15, 0.2) is 65.7 Å². The molecule has 9 heteroatoms. The van der Waals surface area contributed by atoms with Gasteiger partial charge in [-0.25, -0.2) is 18.1 Å². The monoisotopic (exact) mass is 483 g/mol. The highest BCUT2D eigenvalue weighted by Crippen LogP contribution is 2.21. The Labute approximate surface area is 201 Å². The number of hydrogen-bond acceptors (Lipinski definition) is 6. The lowest BCUT2D eigenvalue weighted by molar-refractivity contribution is 0.499. The molecule has 0 saturated carbocycles. The van der Waals surface area contributed by atoms with Gasteiger partial charge in [0, 0.05) is 50.7 Å². The number of unbranched alkanes of at least 4 members (excludes halogenated alkanes) is 1. The predicted octanol–water partition coefficient (Wildman–Crippen LogP) is 3.35. The summed E-state index contributed by atoms with van der Waals surface area (Å²) in [5, 5.41) is 0. The molecule has 0 bridgehead atoms. The fraction of sp³-hybridized carbons (Fsp3) is 0.400. The first kappa shape index (κ1) is 25.6. The fourth-order valence-electron chi connectivity index (χ4n) is 3.87. The highest BCUT2D eigenvalue weighted by Gasteiger charge is 2.21. The number of aromatic nitrogens is 3. The zero-order chi connectivity index (χ0) is 24.6. The molecule has 0 amide bonds. The smallest absolute Gasteiger partial charge is 0.255 e. The molecule has 2 heterocycles. The van der Waals surface area contributed by atoms with E-state index in [2.05, 4.69) is 16.6 Å². The first-order valence-electron chi connectivity index (χ1n) is 11.5. The standard InChI is InChI=1S/C25H33N5O3S/c1-4-5-11-22(14-17-27-34(32,33)19-20-9-7-6-8-10-20)29(2)25-28-23(18-24(31)30(25)3)21-12-15-26-16-13-21/h6-10,12-13,15-16,18,22,27H,4-5,11,14,17,19H2,1-3H3. The summed E-state index contributed by atoms with van der Waals surface area (Å²) >= 11 is 0. The molecule has 1 N–H and O–H groups in total. The van der Waals surface area contributed by atoms with Crippen LogP contribution in [0.2, 0.25) is 0 Å². The van der Waals surface area contributed by atoms with Crippen molar-refractivity contribution >= 4 is 16.0 Å². The molecule has 1 atom stereocenters. The van der Waals surface area contributed by atoms with Gasteiger partial charge in [-0.05, 0) is 30.5 Å². The third-order valence-electron chi connectivity index (χ3n) is 5.84. The summed E-state index contributed by atoms with van der Waals surface area (Å²) in [6.07, 6.45) is 6.81. The normalized spacial score (nSPS) is 12.4. The van der Waals surface area contributed by atoms with E-state index in [0.29, 0.717) is 24.6 Å². The number of hydrogen-bond donors (Lipinski definition) is 1. The predicted molar refractivity (Wildman–Crippen MR) is 136 cm³/mol. The molecule has 1 unspecified atom stereocenters. The van der Waals surface area contributed by atoms with Gasteiger partial charge in [0.25, 0.3) is 5.56 Å². The van der Waals surface area contributed by atoms with Crippen LogP contribution in [-0.4, -0.2) is 42.6 Å². The van der Waals surface area contributed by atoms with E-state index in [9.17, 15) is 13.2 Å². The van der Waals surface area contributed by atoms with Crippen molar-refractivity contribution in [2.45, 2.75) is 44.4 Å². The molecule has 2 aromatic heterocycles. The number of nitrogens with one attached hydrogen (secondary N) is 1. The summed E-state index contributed by atoms with van der Waals surface area (Å²) in [5.74, 6) is 0.500.